The molecule has 0 aromatic heterocycles. The van der Waals surface area contributed by atoms with Gasteiger partial charge < -0.3 is 39.2 Å². The summed E-state index contributed by atoms with van der Waals surface area (Å²) in [6, 6.07) is 0.866. The van der Waals surface area contributed by atoms with Crippen molar-refractivity contribution in [3.63, 3.8) is 0 Å². The van der Waals surface area contributed by atoms with Gasteiger partial charge in [0.25, 0.3) is 0 Å². The van der Waals surface area contributed by atoms with Crippen LogP contribution in [0.25, 0.3) is 0 Å². The zero-order valence-electron chi connectivity index (χ0n) is 18.1. The van der Waals surface area contributed by atoms with E-state index in [1.54, 1.807) is 21.3 Å². The van der Waals surface area contributed by atoms with E-state index in [9.17, 15) is 0 Å². The molecule has 0 bridgehead atoms. The van der Waals surface area contributed by atoms with Crippen molar-refractivity contribution in [2.75, 3.05) is 41.2 Å². The second-order valence-corrected chi connectivity index (χ2v) is 22.6. The van der Waals surface area contributed by atoms with Gasteiger partial charge >= 0.3 is 44.5 Å². The molecule has 0 aromatic carbocycles. The van der Waals surface area contributed by atoms with Gasteiger partial charge in [-0.2, -0.15) is 0 Å². The molecule has 3 unspecified atom stereocenters. The van der Waals surface area contributed by atoms with E-state index in [4.69, 9.17) is 39.2 Å². The highest BCUT2D eigenvalue weighted by Crippen LogP contribution is 2.30. The summed E-state index contributed by atoms with van der Waals surface area (Å²) in [6.07, 6.45) is 1.20. The van der Waals surface area contributed by atoms with E-state index in [1.165, 1.54) is 0 Å². The summed E-state index contributed by atoms with van der Waals surface area (Å²) in [5, 5.41) is 0. The second-order valence-electron chi connectivity index (χ2n) is 7.48. The quantitative estimate of drug-likeness (QED) is 0.241. The highest BCUT2D eigenvalue weighted by molar-refractivity contribution is 6.90. The lowest BCUT2D eigenvalue weighted by atomic mass is 10.5. The first-order valence-corrected chi connectivity index (χ1v) is 20.9. The summed E-state index contributed by atoms with van der Waals surface area (Å²) >= 11 is 0. The van der Waals surface area contributed by atoms with Crippen LogP contribution in [0, 0.1) is 0 Å². The van der Waals surface area contributed by atoms with Crippen LogP contribution in [0.1, 0.15) is 6.42 Å². The molecule has 166 valence electrons. The number of ether oxygens (including phenoxy) is 2. The van der Waals surface area contributed by atoms with Gasteiger partial charge in [-0.25, -0.2) is 0 Å². The lowest BCUT2D eigenvalue weighted by Crippen LogP contribution is -2.61. The van der Waals surface area contributed by atoms with Crippen LogP contribution in [0.15, 0.2) is 0 Å². The monoisotopic (exact) mass is 488 g/mol. The van der Waals surface area contributed by atoms with Crippen molar-refractivity contribution >= 4 is 44.5 Å². The average Bonchev–Trinajstić information content (AvgIpc) is 3.42. The molecule has 2 aliphatic rings. The number of hydrogen-bond acceptors (Lipinski definition) is 9. The third-order valence-corrected chi connectivity index (χ3v) is 25.5. The Balaban J connectivity index is 1.92. The first kappa shape index (κ1) is 25.0. The van der Waals surface area contributed by atoms with Crippen molar-refractivity contribution in [2.45, 2.75) is 50.4 Å². The van der Waals surface area contributed by atoms with Crippen molar-refractivity contribution in [2.24, 2.45) is 0 Å². The van der Waals surface area contributed by atoms with E-state index in [-0.39, 0.29) is 0 Å². The first-order valence-electron chi connectivity index (χ1n) is 9.73. The van der Waals surface area contributed by atoms with Crippen LogP contribution in [0.4, 0.5) is 0 Å². The molecule has 9 nitrogen and oxygen atoms in total. The molecule has 0 radical (unpaired) electrons. The Morgan fingerprint density at radius 1 is 0.929 bits per heavy atom. The summed E-state index contributed by atoms with van der Waals surface area (Å²) in [6.45, 7) is 10.4. The van der Waals surface area contributed by atoms with Crippen LogP contribution < -0.4 is 0 Å². The summed E-state index contributed by atoms with van der Waals surface area (Å²) in [5.74, 6) is 0. The molecule has 0 aromatic rings. The SMILES string of the molecule is CO[Si](C[Si]1(C)O[SiH](C)O[Si](C)(CCCOCC2CO2)O[SiH](C)O1)(OC)OC. The van der Waals surface area contributed by atoms with Crippen molar-refractivity contribution in [3.8, 4) is 0 Å². The molecule has 2 saturated heterocycles. The van der Waals surface area contributed by atoms with Crippen molar-refractivity contribution in [1.82, 2.24) is 0 Å². The largest absolute Gasteiger partial charge is 0.502 e. The predicted octanol–water partition coefficient (Wildman–Crippen LogP) is 1.13. The van der Waals surface area contributed by atoms with Crippen molar-refractivity contribution in [3.05, 3.63) is 0 Å². The van der Waals surface area contributed by atoms with Gasteiger partial charge in [-0.15, -0.1) is 0 Å². The minimum absolute atomic E-state index is 0.299. The Labute approximate surface area is 175 Å². The van der Waals surface area contributed by atoms with Crippen LogP contribution in [-0.2, 0) is 39.2 Å². The third-order valence-electron chi connectivity index (χ3n) is 4.76. The molecule has 2 aliphatic heterocycles. The van der Waals surface area contributed by atoms with E-state index in [0.29, 0.717) is 25.0 Å². The highest BCUT2D eigenvalue weighted by Gasteiger charge is 2.53. The molecule has 0 spiro atoms. The minimum Gasteiger partial charge on any atom is -0.418 e. The van der Waals surface area contributed by atoms with Gasteiger partial charge in [0, 0.05) is 27.9 Å². The summed E-state index contributed by atoms with van der Waals surface area (Å²) < 4.78 is 53.3. The first-order chi connectivity index (χ1) is 13.2. The zero-order valence-corrected chi connectivity index (χ0v) is 23.5. The molecule has 2 heterocycles. The second kappa shape index (κ2) is 10.8. The van der Waals surface area contributed by atoms with E-state index in [0.717, 1.165) is 19.1 Å². The molecule has 0 saturated carbocycles. The number of hydrogen-bond donors (Lipinski definition) is 0. The molecule has 14 heteroatoms. The van der Waals surface area contributed by atoms with Gasteiger partial charge in [-0.05, 0) is 38.7 Å². The molecule has 0 amide bonds. The lowest BCUT2D eigenvalue weighted by Gasteiger charge is -2.43. The Kier molecular flexibility index (Phi) is 9.68. The van der Waals surface area contributed by atoms with Crippen LogP contribution in [0.2, 0.25) is 37.9 Å². The maximum atomic E-state index is 6.44. The fraction of sp³-hybridized carbons (Fsp3) is 1.00. The van der Waals surface area contributed by atoms with E-state index in [2.05, 4.69) is 6.55 Å². The Morgan fingerprint density at radius 3 is 1.89 bits per heavy atom. The van der Waals surface area contributed by atoms with Gasteiger partial charge in [-0.3, -0.25) is 0 Å². The smallest absolute Gasteiger partial charge is 0.418 e. The van der Waals surface area contributed by atoms with E-state index >= 15 is 0 Å². The van der Waals surface area contributed by atoms with Gasteiger partial charge in [0.05, 0.1) is 18.9 Å². The molecule has 0 N–H and O–H groups in total. The van der Waals surface area contributed by atoms with Crippen molar-refractivity contribution in [1.29, 1.82) is 0 Å². The molecule has 2 rings (SSSR count). The number of rotatable bonds is 11. The maximum absolute atomic E-state index is 6.44. The van der Waals surface area contributed by atoms with E-state index < -0.39 is 44.5 Å². The highest BCUT2D eigenvalue weighted by atomic mass is 28.5. The molecular formula is C14H36O9Si5. The molecule has 0 aliphatic carbocycles. The molecule has 3 atom stereocenters. The topological polar surface area (TPSA) is 86.4 Å². The lowest BCUT2D eigenvalue weighted by molar-refractivity contribution is 0.115. The fourth-order valence-electron chi connectivity index (χ4n) is 3.44. The van der Waals surface area contributed by atoms with Gasteiger partial charge in [0.2, 0.25) is 0 Å². The van der Waals surface area contributed by atoms with Crippen LogP contribution in [0.3, 0.4) is 0 Å². The molecule has 28 heavy (non-hydrogen) atoms. The summed E-state index contributed by atoms with van der Waals surface area (Å²) in [7, 11) is -6.84. The van der Waals surface area contributed by atoms with Gasteiger partial charge in [0.15, 0.2) is 0 Å². The fourth-order valence-corrected chi connectivity index (χ4v) is 26.6. The Morgan fingerprint density at radius 2 is 1.43 bits per heavy atom. The van der Waals surface area contributed by atoms with Gasteiger partial charge in [-0.1, -0.05) is 0 Å². The Hall–Kier alpha value is 0.724. The van der Waals surface area contributed by atoms with Crippen LogP contribution in [0.5, 0.6) is 0 Å². The van der Waals surface area contributed by atoms with Crippen LogP contribution in [-0.4, -0.2) is 91.7 Å². The summed E-state index contributed by atoms with van der Waals surface area (Å²) in [5.41, 5.74) is 0.514. The predicted molar refractivity (Wildman–Crippen MR) is 115 cm³/mol. The molecular weight excluding hydrogens is 453 g/mol. The average molecular weight is 489 g/mol. The zero-order chi connectivity index (χ0) is 20.8. The van der Waals surface area contributed by atoms with Crippen molar-refractivity contribution < 1.29 is 39.2 Å². The minimum atomic E-state index is -2.82. The molecule has 2 fully saturated rings. The standard InChI is InChI=1S/C14H36O9Si5/c1-15-28(16-2,17-3)13-27(7)22-24(4)20-26(6,21-25(5)23-27)10-8-9-18-11-14-12-19-14/h14,24-25H,8-13H2,1-7H3. The number of epoxide rings is 1. The third kappa shape index (κ3) is 7.76. The summed E-state index contributed by atoms with van der Waals surface area (Å²) in [4.78, 5) is 0. The Bertz CT molecular complexity index is 458. The van der Waals surface area contributed by atoms with Gasteiger partial charge in [0.1, 0.15) is 6.10 Å². The van der Waals surface area contributed by atoms with E-state index in [1.807, 2.05) is 19.6 Å². The normalized spacial score (nSPS) is 36.8. The maximum Gasteiger partial charge on any atom is 0.502 e. The van der Waals surface area contributed by atoms with Crippen LogP contribution >= 0.6 is 0 Å².